The molecule has 1 aromatic carbocycles. The van der Waals surface area contributed by atoms with Crippen molar-refractivity contribution < 1.29 is 14.3 Å². The summed E-state index contributed by atoms with van der Waals surface area (Å²) in [5.74, 6) is 0.851. The summed E-state index contributed by atoms with van der Waals surface area (Å²) in [6.07, 6.45) is 3.60. The molecular weight excluding hydrogens is 358 g/mol. The van der Waals surface area contributed by atoms with Crippen molar-refractivity contribution in [3.05, 3.63) is 41.7 Å². The van der Waals surface area contributed by atoms with Crippen molar-refractivity contribution in [2.45, 2.75) is 38.3 Å². The van der Waals surface area contributed by atoms with Gasteiger partial charge in [0.1, 0.15) is 5.75 Å². The van der Waals surface area contributed by atoms with Gasteiger partial charge in [0.05, 0.1) is 25.6 Å². The minimum absolute atomic E-state index is 0.0734. The molecule has 3 heterocycles. The summed E-state index contributed by atoms with van der Waals surface area (Å²) in [6, 6.07) is 7.46. The van der Waals surface area contributed by atoms with Crippen LogP contribution in [0.2, 0.25) is 0 Å². The number of likely N-dealkylation sites (tertiary alicyclic amines) is 2. The van der Waals surface area contributed by atoms with E-state index in [2.05, 4.69) is 15.5 Å². The second kappa shape index (κ2) is 7.53. The van der Waals surface area contributed by atoms with Crippen LogP contribution in [0.25, 0.3) is 0 Å². The number of hydrogen-bond acceptors (Lipinski definition) is 4. The number of hydrogen-bond donors (Lipinski definition) is 2. The van der Waals surface area contributed by atoms with Crippen molar-refractivity contribution in [2.75, 3.05) is 25.5 Å². The van der Waals surface area contributed by atoms with E-state index in [1.165, 1.54) is 0 Å². The molecule has 0 aliphatic carbocycles. The lowest BCUT2D eigenvalue weighted by atomic mass is 10.1. The molecule has 0 saturated carbocycles. The fourth-order valence-corrected chi connectivity index (χ4v) is 4.29. The number of benzene rings is 1. The standard InChI is InChI=1S/C20H25N5O3/c1-13-11-15(28-2)3-4-16(13)22-20(27)25-10-7-17-18(25)6-9-24(17)19(26)12-14-5-8-21-23-14/h3-5,8,11,17-18H,6-7,9-10,12H2,1-2H3,(H,21,23)(H,22,27)/t17-,18-/m0/s1. The summed E-state index contributed by atoms with van der Waals surface area (Å²) in [5.41, 5.74) is 2.54. The van der Waals surface area contributed by atoms with Crippen LogP contribution in [0.4, 0.5) is 10.5 Å². The van der Waals surface area contributed by atoms with Crippen molar-refractivity contribution in [1.29, 1.82) is 0 Å². The third kappa shape index (κ3) is 3.42. The highest BCUT2D eigenvalue weighted by atomic mass is 16.5. The predicted octanol–water partition coefficient (Wildman–Crippen LogP) is 2.18. The monoisotopic (exact) mass is 383 g/mol. The number of aromatic amines is 1. The zero-order valence-electron chi connectivity index (χ0n) is 16.1. The molecule has 4 rings (SSSR count). The molecule has 0 radical (unpaired) electrons. The van der Waals surface area contributed by atoms with E-state index in [0.29, 0.717) is 19.5 Å². The highest BCUT2D eigenvalue weighted by molar-refractivity contribution is 5.91. The molecule has 8 nitrogen and oxygen atoms in total. The number of urea groups is 1. The Morgan fingerprint density at radius 2 is 1.96 bits per heavy atom. The Labute approximate surface area is 163 Å². The minimum atomic E-state index is -0.108. The number of carbonyl (C=O) groups is 2. The molecule has 2 aliphatic heterocycles. The second-order valence-electron chi connectivity index (χ2n) is 7.36. The summed E-state index contributed by atoms with van der Waals surface area (Å²) in [4.78, 5) is 29.3. The van der Waals surface area contributed by atoms with Crippen molar-refractivity contribution in [3.63, 3.8) is 0 Å². The van der Waals surface area contributed by atoms with Gasteiger partial charge in [-0.2, -0.15) is 5.10 Å². The van der Waals surface area contributed by atoms with E-state index in [-0.39, 0.29) is 24.0 Å². The number of aryl methyl sites for hydroxylation is 1. The van der Waals surface area contributed by atoms with Crippen LogP contribution in [0.3, 0.4) is 0 Å². The molecule has 2 aromatic rings. The third-order valence-electron chi connectivity index (χ3n) is 5.73. The van der Waals surface area contributed by atoms with Gasteiger partial charge >= 0.3 is 6.03 Å². The highest BCUT2D eigenvalue weighted by Gasteiger charge is 2.46. The number of nitrogens with zero attached hydrogens (tertiary/aromatic N) is 3. The van der Waals surface area contributed by atoms with Crippen molar-refractivity contribution in [3.8, 4) is 5.75 Å². The lowest BCUT2D eigenvalue weighted by Crippen LogP contribution is -2.43. The first-order valence-corrected chi connectivity index (χ1v) is 9.57. The van der Waals surface area contributed by atoms with Gasteiger partial charge < -0.3 is 19.9 Å². The van der Waals surface area contributed by atoms with Crippen molar-refractivity contribution >= 4 is 17.6 Å². The van der Waals surface area contributed by atoms with E-state index in [1.54, 1.807) is 13.3 Å². The van der Waals surface area contributed by atoms with Crippen LogP contribution in [0, 0.1) is 6.92 Å². The Morgan fingerprint density at radius 1 is 1.21 bits per heavy atom. The zero-order chi connectivity index (χ0) is 19.7. The van der Waals surface area contributed by atoms with E-state index >= 15 is 0 Å². The number of amides is 3. The summed E-state index contributed by atoms with van der Waals surface area (Å²) in [7, 11) is 1.62. The number of nitrogens with one attached hydrogen (secondary N) is 2. The second-order valence-corrected chi connectivity index (χ2v) is 7.36. The number of rotatable bonds is 4. The van der Waals surface area contributed by atoms with Crippen LogP contribution in [0.15, 0.2) is 30.5 Å². The fraction of sp³-hybridized carbons (Fsp3) is 0.450. The predicted molar refractivity (Wildman–Crippen MR) is 104 cm³/mol. The quantitative estimate of drug-likeness (QED) is 0.847. The van der Waals surface area contributed by atoms with Crippen LogP contribution < -0.4 is 10.1 Å². The number of aromatic nitrogens is 2. The maximum atomic E-state index is 12.9. The van der Waals surface area contributed by atoms with Crippen LogP contribution >= 0.6 is 0 Å². The Bertz CT molecular complexity index is 867. The van der Waals surface area contributed by atoms with Crippen LogP contribution in [0.1, 0.15) is 24.1 Å². The molecular formula is C20H25N5O3. The lowest BCUT2D eigenvalue weighted by molar-refractivity contribution is -0.131. The number of carbonyl (C=O) groups excluding carboxylic acids is 2. The maximum absolute atomic E-state index is 12.9. The Morgan fingerprint density at radius 3 is 2.64 bits per heavy atom. The van der Waals surface area contributed by atoms with Gasteiger partial charge in [0.25, 0.3) is 0 Å². The average Bonchev–Trinajstić information content (AvgIpc) is 3.40. The van der Waals surface area contributed by atoms with E-state index in [1.807, 2.05) is 41.0 Å². The largest absolute Gasteiger partial charge is 0.497 e. The van der Waals surface area contributed by atoms with E-state index in [9.17, 15) is 9.59 Å². The summed E-state index contributed by atoms with van der Waals surface area (Å²) in [5, 5.41) is 9.75. The summed E-state index contributed by atoms with van der Waals surface area (Å²) >= 11 is 0. The van der Waals surface area contributed by atoms with E-state index in [4.69, 9.17) is 4.74 Å². The molecule has 1 aromatic heterocycles. The molecule has 2 N–H and O–H groups in total. The molecule has 2 fully saturated rings. The first-order valence-electron chi connectivity index (χ1n) is 9.57. The zero-order valence-corrected chi connectivity index (χ0v) is 16.1. The molecule has 28 heavy (non-hydrogen) atoms. The van der Waals surface area contributed by atoms with Gasteiger partial charge in [-0.15, -0.1) is 0 Å². The minimum Gasteiger partial charge on any atom is -0.497 e. The number of methoxy groups -OCH3 is 1. The molecule has 2 aliphatic rings. The van der Waals surface area contributed by atoms with Crippen LogP contribution in [0.5, 0.6) is 5.75 Å². The van der Waals surface area contributed by atoms with Gasteiger partial charge in [-0.25, -0.2) is 4.79 Å². The van der Waals surface area contributed by atoms with Gasteiger partial charge in [-0.1, -0.05) is 0 Å². The first kappa shape index (κ1) is 18.3. The normalized spacial score (nSPS) is 20.9. The summed E-state index contributed by atoms with van der Waals surface area (Å²) < 4.78 is 5.22. The molecule has 3 amide bonds. The molecule has 148 valence electrons. The van der Waals surface area contributed by atoms with Crippen LogP contribution in [-0.2, 0) is 11.2 Å². The van der Waals surface area contributed by atoms with Gasteiger partial charge in [0, 0.05) is 30.7 Å². The average molecular weight is 383 g/mol. The summed E-state index contributed by atoms with van der Waals surface area (Å²) in [6.45, 7) is 3.29. The fourth-order valence-electron chi connectivity index (χ4n) is 4.29. The number of H-pyrrole nitrogens is 1. The number of ether oxygens (including phenoxy) is 1. The Hall–Kier alpha value is -3.03. The molecule has 0 spiro atoms. The molecule has 8 heteroatoms. The topological polar surface area (TPSA) is 90.6 Å². The maximum Gasteiger partial charge on any atom is 0.322 e. The highest BCUT2D eigenvalue weighted by Crippen LogP contribution is 2.33. The SMILES string of the molecule is COc1ccc(NC(=O)N2CC[C@H]3[C@@H]2CCN3C(=O)Cc2ccn[nH]2)c(C)c1. The van der Waals surface area contributed by atoms with Crippen LogP contribution in [-0.4, -0.2) is 64.2 Å². The van der Waals surface area contributed by atoms with Crippen molar-refractivity contribution in [1.82, 2.24) is 20.0 Å². The van der Waals surface area contributed by atoms with Gasteiger partial charge in [-0.05, 0) is 49.6 Å². The molecule has 0 bridgehead atoms. The van der Waals surface area contributed by atoms with Gasteiger partial charge in [0.2, 0.25) is 5.91 Å². The Kier molecular flexibility index (Phi) is 4.93. The third-order valence-corrected chi connectivity index (χ3v) is 5.73. The van der Waals surface area contributed by atoms with E-state index < -0.39 is 0 Å². The number of fused-ring (bicyclic) bond motifs is 1. The van der Waals surface area contributed by atoms with Gasteiger partial charge in [0.15, 0.2) is 0 Å². The lowest BCUT2D eigenvalue weighted by Gasteiger charge is -2.26. The smallest absolute Gasteiger partial charge is 0.322 e. The molecule has 0 unspecified atom stereocenters. The number of anilines is 1. The Balaban J connectivity index is 1.40. The molecule has 2 saturated heterocycles. The van der Waals surface area contributed by atoms with E-state index in [0.717, 1.165) is 35.5 Å². The van der Waals surface area contributed by atoms with Crippen molar-refractivity contribution in [2.24, 2.45) is 0 Å². The first-order chi connectivity index (χ1) is 13.6. The molecule has 2 atom stereocenters. The van der Waals surface area contributed by atoms with Gasteiger partial charge in [-0.3, -0.25) is 9.89 Å².